The van der Waals surface area contributed by atoms with Crippen molar-refractivity contribution < 1.29 is 17.6 Å². The second-order valence-electron chi connectivity index (χ2n) is 6.20. The molecule has 0 radical (unpaired) electrons. The molecule has 0 aliphatic heterocycles. The molecular formula is C19H19FN4O3S3. The first-order chi connectivity index (χ1) is 14.3. The number of carbonyl (C=O) groups is 1. The molecule has 11 heteroatoms. The molecule has 0 unspecified atom stereocenters. The van der Waals surface area contributed by atoms with E-state index in [0.717, 1.165) is 16.3 Å². The summed E-state index contributed by atoms with van der Waals surface area (Å²) in [5.74, 6) is 0.102. The molecular weight excluding hydrogens is 447 g/mol. The first-order valence-corrected chi connectivity index (χ1v) is 12.5. The zero-order chi connectivity index (χ0) is 21.7. The van der Waals surface area contributed by atoms with E-state index in [-0.39, 0.29) is 12.5 Å². The number of hydrogen-bond donors (Lipinski definition) is 1. The average Bonchev–Trinajstić information content (AvgIpc) is 3.14. The van der Waals surface area contributed by atoms with Crippen molar-refractivity contribution in [1.82, 2.24) is 10.2 Å². The van der Waals surface area contributed by atoms with E-state index in [2.05, 4.69) is 15.5 Å². The third-order valence-electron chi connectivity index (χ3n) is 3.95. The predicted octanol–water partition coefficient (Wildman–Crippen LogP) is 4.01. The Morgan fingerprint density at radius 1 is 1.13 bits per heavy atom. The summed E-state index contributed by atoms with van der Waals surface area (Å²) in [5, 5.41) is 11.0. The summed E-state index contributed by atoms with van der Waals surface area (Å²) in [4.78, 5) is 12.4. The smallest absolute Gasteiger partial charge is 0.257 e. The summed E-state index contributed by atoms with van der Waals surface area (Å²) in [5.41, 5.74) is 1.39. The van der Waals surface area contributed by atoms with Gasteiger partial charge in [0.25, 0.3) is 5.91 Å². The zero-order valence-electron chi connectivity index (χ0n) is 16.2. The second kappa shape index (κ2) is 9.54. The molecule has 1 amide bonds. The Balaban J connectivity index is 1.75. The van der Waals surface area contributed by atoms with Gasteiger partial charge in [0.1, 0.15) is 5.82 Å². The SMILES string of the molecule is CCSc1nnc(NC(=O)c2ccc(N(Cc3ccc(F)cc3)S(C)(=O)=O)cc2)s1. The third-order valence-corrected chi connectivity index (χ3v) is 6.95. The van der Waals surface area contributed by atoms with Crippen LogP contribution in [0.1, 0.15) is 22.8 Å². The number of thioether (sulfide) groups is 1. The highest BCUT2D eigenvalue weighted by atomic mass is 32.2. The first-order valence-electron chi connectivity index (χ1n) is 8.86. The van der Waals surface area contributed by atoms with Crippen LogP contribution >= 0.6 is 23.1 Å². The number of anilines is 2. The lowest BCUT2D eigenvalue weighted by molar-refractivity contribution is 0.102. The lowest BCUT2D eigenvalue weighted by atomic mass is 10.2. The van der Waals surface area contributed by atoms with Gasteiger partial charge >= 0.3 is 0 Å². The van der Waals surface area contributed by atoms with Gasteiger partial charge in [0, 0.05) is 5.56 Å². The molecule has 0 saturated heterocycles. The summed E-state index contributed by atoms with van der Waals surface area (Å²) < 4.78 is 39.6. The lowest BCUT2D eigenvalue weighted by Gasteiger charge is -2.22. The zero-order valence-corrected chi connectivity index (χ0v) is 18.7. The Morgan fingerprint density at radius 3 is 2.40 bits per heavy atom. The Labute approximate surface area is 182 Å². The molecule has 0 bridgehead atoms. The molecule has 1 N–H and O–H groups in total. The fourth-order valence-electron chi connectivity index (χ4n) is 2.55. The van der Waals surface area contributed by atoms with Crippen LogP contribution in [0.25, 0.3) is 0 Å². The van der Waals surface area contributed by atoms with Crippen molar-refractivity contribution in [2.75, 3.05) is 21.6 Å². The van der Waals surface area contributed by atoms with Crippen LogP contribution < -0.4 is 9.62 Å². The molecule has 30 heavy (non-hydrogen) atoms. The van der Waals surface area contributed by atoms with Crippen LogP contribution in [0.4, 0.5) is 15.2 Å². The van der Waals surface area contributed by atoms with Crippen molar-refractivity contribution in [3.8, 4) is 0 Å². The van der Waals surface area contributed by atoms with Gasteiger partial charge in [-0.15, -0.1) is 10.2 Å². The molecule has 2 aromatic carbocycles. The van der Waals surface area contributed by atoms with Crippen molar-refractivity contribution in [2.24, 2.45) is 0 Å². The van der Waals surface area contributed by atoms with Gasteiger partial charge in [0.05, 0.1) is 18.5 Å². The number of amides is 1. The highest BCUT2D eigenvalue weighted by molar-refractivity contribution is 8.01. The summed E-state index contributed by atoms with van der Waals surface area (Å²) >= 11 is 2.83. The van der Waals surface area contributed by atoms with E-state index in [4.69, 9.17) is 0 Å². The van der Waals surface area contributed by atoms with Gasteiger partial charge < -0.3 is 0 Å². The maximum Gasteiger partial charge on any atom is 0.257 e. The number of sulfonamides is 1. The first kappa shape index (κ1) is 22.2. The minimum absolute atomic E-state index is 0.0489. The van der Waals surface area contributed by atoms with Crippen LogP contribution in [0.3, 0.4) is 0 Å². The Morgan fingerprint density at radius 2 is 1.80 bits per heavy atom. The summed E-state index contributed by atoms with van der Waals surface area (Å²) in [6.45, 7) is 2.05. The van der Waals surface area contributed by atoms with E-state index in [9.17, 15) is 17.6 Å². The Hall–Kier alpha value is -2.50. The number of hydrogen-bond acceptors (Lipinski definition) is 7. The molecule has 0 fully saturated rings. The quantitative estimate of drug-likeness (QED) is 0.398. The molecule has 0 atom stereocenters. The minimum atomic E-state index is -3.59. The number of benzene rings is 2. The lowest BCUT2D eigenvalue weighted by Crippen LogP contribution is -2.29. The van der Waals surface area contributed by atoms with Crippen molar-refractivity contribution in [2.45, 2.75) is 17.8 Å². The van der Waals surface area contributed by atoms with E-state index in [1.807, 2.05) is 6.92 Å². The molecule has 1 aromatic heterocycles. The molecule has 0 aliphatic carbocycles. The standard InChI is InChI=1S/C19H19FN4O3S3/c1-3-28-19-23-22-18(29-19)21-17(25)14-6-10-16(11-7-14)24(30(2,26)27)12-13-4-8-15(20)9-5-13/h4-11H,3,12H2,1-2H3,(H,21,22,25). The van der Waals surface area contributed by atoms with Crippen LogP contribution in [0.5, 0.6) is 0 Å². The van der Waals surface area contributed by atoms with Crippen molar-refractivity contribution in [3.05, 3.63) is 65.5 Å². The predicted molar refractivity (Wildman–Crippen MR) is 118 cm³/mol. The largest absolute Gasteiger partial charge is 0.296 e. The highest BCUT2D eigenvalue weighted by Crippen LogP contribution is 2.26. The van der Waals surface area contributed by atoms with Crippen LogP contribution in [-0.2, 0) is 16.6 Å². The van der Waals surface area contributed by atoms with Crippen LogP contribution in [0.15, 0.2) is 52.9 Å². The van der Waals surface area contributed by atoms with Crippen molar-refractivity contribution >= 4 is 49.8 Å². The van der Waals surface area contributed by atoms with Crippen LogP contribution in [0, 0.1) is 5.82 Å². The van der Waals surface area contributed by atoms with Gasteiger partial charge in [-0.25, -0.2) is 12.8 Å². The molecule has 0 aliphatic rings. The minimum Gasteiger partial charge on any atom is -0.296 e. The third kappa shape index (κ3) is 5.77. The van der Waals surface area contributed by atoms with Crippen LogP contribution in [0.2, 0.25) is 0 Å². The van der Waals surface area contributed by atoms with E-state index >= 15 is 0 Å². The summed E-state index contributed by atoms with van der Waals surface area (Å²) in [7, 11) is -3.59. The second-order valence-corrected chi connectivity index (χ2v) is 10.6. The van der Waals surface area contributed by atoms with E-state index in [1.165, 1.54) is 63.8 Å². The number of carbonyl (C=O) groups excluding carboxylic acids is 1. The van der Waals surface area contributed by atoms with Gasteiger partial charge in [-0.3, -0.25) is 14.4 Å². The van der Waals surface area contributed by atoms with Crippen molar-refractivity contribution in [3.63, 3.8) is 0 Å². The fraction of sp³-hybridized carbons (Fsp3) is 0.211. The van der Waals surface area contributed by atoms with E-state index in [0.29, 0.717) is 21.9 Å². The summed E-state index contributed by atoms with van der Waals surface area (Å²) in [6, 6.07) is 11.8. The number of nitrogens with zero attached hydrogens (tertiary/aromatic N) is 3. The normalized spacial score (nSPS) is 11.3. The van der Waals surface area contributed by atoms with Gasteiger partial charge in [0.2, 0.25) is 15.2 Å². The molecule has 3 aromatic rings. The molecule has 1 heterocycles. The maximum atomic E-state index is 13.1. The van der Waals surface area contributed by atoms with E-state index < -0.39 is 15.8 Å². The number of halogens is 1. The molecule has 0 saturated carbocycles. The van der Waals surface area contributed by atoms with Crippen molar-refractivity contribution in [1.29, 1.82) is 0 Å². The topological polar surface area (TPSA) is 92.3 Å². The number of aromatic nitrogens is 2. The fourth-order valence-corrected chi connectivity index (χ4v) is 5.08. The number of rotatable bonds is 8. The molecule has 158 valence electrons. The number of nitrogens with one attached hydrogen (secondary N) is 1. The molecule has 7 nitrogen and oxygen atoms in total. The monoisotopic (exact) mass is 466 g/mol. The molecule has 3 rings (SSSR count). The van der Waals surface area contributed by atoms with Gasteiger partial charge in [0.15, 0.2) is 4.34 Å². The average molecular weight is 467 g/mol. The van der Waals surface area contributed by atoms with Gasteiger partial charge in [-0.05, 0) is 47.7 Å². The maximum absolute atomic E-state index is 13.1. The Kier molecular flexibility index (Phi) is 7.06. The summed E-state index contributed by atoms with van der Waals surface area (Å²) in [6.07, 6.45) is 1.10. The molecule has 0 spiro atoms. The Bertz CT molecular complexity index is 1120. The van der Waals surface area contributed by atoms with Gasteiger partial charge in [-0.2, -0.15) is 0 Å². The van der Waals surface area contributed by atoms with Gasteiger partial charge in [-0.1, -0.05) is 42.2 Å². The van der Waals surface area contributed by atoms with E-state index in [1.54, 1.807) is 12.1 Å². The highest BCUT2D eigenvalue weighted by Gasteiger charge is 2.19. The van der Waals surface area contributed by atoms with Crippen LogP contribution in [-0.4, -0.2) is 36.5 Å².